The van der Waals surface area contributed by atoms with Gasteiger partial charge in [-0.15, -0.1) is 0 Å². The van der Waals surface area contributed by atoms with Gasteiger partial charge in [-0.25, -0.2) is 4.99 Å². The Morgan fingerprint density at radius 1 is 1.13 bits per heavy atom. The lowest BCUT2D eigenvalue weighted by Gasteiger charge is -2.29. The van der Waals surface area contributed by atoms with Crippen molar-refractivity contribution in [2.45, 2.75) is 33.0 Å². The Hall–Kier alpha value is -3.62. The van der Waals surface area contributed by atoms with E-state index in [0.29, 0.717) is 16.3 Å². The summed E-state index contributed by atoms with van der Waals surface area (Å²) in [6.07, 6.45) is 2.52. The maximum Gasteiger partial charge on any atom is 0.252 e. The zero-order valence-electron chi connectivity index (χ0n) is 16.8. The summed E-state index contributed by atoms with van der Waals surface area (Å²) >= 11 is 5.89. The first-order valence-electron chi connectivity index (χ1n) is 9.10. The fourth-order valence-electron chi connectivity index (χ4n) is 2.29. The van der Waals surface area contributed by atoms with Crippen molar-refractivity contribution >= 4 is 29.2 Å². The van der Waals surface area contributed by atoms with Crippen LogP contribution in [0.2, 0.25) is 5.02 Å². The first-order valence-corrected chi connectivity index (χ1v) is 9.48. The van der Waals surface area contributed by atoms with E-state index in [2.05, 4.69) is 25.9 Å². The zero-order valence-corrected chi connectivity index (χ0v) is 17.6. The van der Waals surface area contributed by atoms with Crippen LogP contribution >= 0.6 is 11.6 Å². The second-order valence-electron chi connectivity index (χ2n) is 7.43. The molecule has 8 nitrogen and oxygen atoms in total. The summed E-state index contributed by atoms with van der Waals surface area (Å²) in [5.41, 5.74) is 0.570. The minimum atomic E-state index is -1.12. The van der Waals surface area contributed by atoms with Gasteiger partial charge in [-0.3, -0.25) is 9.78 Å². The summed E-state index contributed by atoms with van der Waals surface area (Å²) in [4.78, 5) is 21.3. The Bertz CT molecular complexity index is 956. The van der Waals surface area contributed by atoms with Crippen molar-refractivity contribution in [3.8, 4) is 12.1 Å². The molecule has 3 N–H and O–H groups in total. The standard InChI is InChI=1S/C21H22ClN7O/c1-21(2,3)19(28-18(30)14-6-8-15(22)9-7-14)29-20(27-17(11-23)12-24)26-16-5-4-10-25-13-16/h4-10,13,17,19H,1-3H3,(H,28,30)(H2,26,27,29). The van der Waals surface area contributed by atoms with Crippen LogP contribution in [-0.4, -0.2) is 29.1 Å². The van der Waals surface area contributed by atoms with Crippen LogP contribution in [0.25, 0.3) is 0 Å². The number of guanidine groups is 1. The molecule has 1 amide bonds. The molecular weight excluding hydrogens is 402 g/mol. The van der Waals surface area contributed by atoms with Crippen LogP contribution in [0.15, 0.2) is 53.8 Å². The predicted molar refractivity (Wildman–Crippen MR) is 116 cm³/mol. The van der Waals surface area contributed by atoms with Gasteiger partial charge in [0, 0.05) is 22.2 Å². The first kappa shape index (κ1) is 22.7. The van der Waals surface area contributed by atoms with Gasteiger partial charge in [0.2, 0.25) is 6.04 Å². The van der Waals surface area contributed by atoms with Crippen LogP contribution in [0.3, 0.4) is 0 Å². The van der Waals surface area contributed by atoms with Crippen LogP contribution in [0, 0.1) is 28.1 Å². The summed E-state index contributed by atoms with van der Waals surface area (Å²) in [6, 6.07) is 12.6. The number of benzene rings is 1. The number of pyridine rings is 1. The van der Waals surface area contributed by atoms with Crippen molar-refractivity contribution in [2.24, 2.45) is 10.4 Å². The maximum absolute atomic E-state index is 12.7. The third-order valence-corrected chi connectivity index (χ3v) is 4.17. The third-order valence-electron chi connectivity index (χ3n) is 3.92. The summed E-state index contributed by atoms with van der Waals surface area (Å²) in [5.74, 6) is -0.166. The lowest BCUT2D eigenvalue weighted by Crippen LogP contribution is -2.46. The second kappa shape index (κ2) is 10.2. The van der Waals surface area contributed by atoms with Gasteiger partial charge < -0.3 is 16.0 Å². The van der Waals surface area contributed by atoms with Crippen molar-refractivity contribution in [1.29, 1.82) is 10.5 Å². The summed E-state index contributed by atoms with van der Waals surface area (Å²) < 4.78 is 0. The van der Waals surface area contributed by atoms with E-state index in [0.717, 1.165) is 0 Å². The number of anilines is 1. The molecule has 0 aliphatic rings. The highest BCUT2D eigenvalue weighted by atomic mass is 35.5. The van der Waals surface area contributed by atoms with E-state index in [4.69, 9.17) is 22.1 Å². The molecule has 0 bridgehead atoms. The molecule has 154 valence electrons. The molecule has 1 atom stereocenters. The molecule has 1 heterocycles. The van der Waals surface area contributed by atoms with Gasteiger partial charge in [0.1, 0.15) is 18.3 Å². The summed E-state index contributed by atoms with van der Waals surface area (Å²) in [6.45, 7) is 5.74. The van der Waals surface area contributed by atoms with Crippen molar-refractivity contribution in [1.82, 2.24) is 15.6 Å². The van der Waals surface area contributed by atoms with Gasteiger partial charge in [-0.1, -0.05) is 32.4 Å². The van der Waals surface area contributed by atoms with Crippen LogP contribution in [0.1, 0.15) is 31.1 Å². The van der Waals surface area contributed by atoms with Gasteiger partial charge >= 0.3 is 0 Å². The van der Waals surface area contributed by atoms with Crippen molar-refractivity contribution in [2.75, 3.05) is 5.32 Å². The number of aliphatic imine (C=N–C) groups is 1. The van der Waals surface area contributed by atoms with Crippen LogP contribution < -0.4 is 16.0 Å². The van der Waals surface area contributed by atoms with E-state index < -0.39 is 17.6 Å². The minimum Gasteiger partial charge on any atom is -0.330 e. The van der Waals surface area contributed by atoms with E-state index in [1.54, 1.807) is 48.8 Å². The fourth-order valence-corrected chi connectivity index (χ4v) is 2.42. The number of aromatic nitrogens is 1. The molecule has 0 aliphatic heterocycles. The molecule has 2 rings (SSSR count). The molecule has 1 aromatic carbocycles. The quantitative estimate of drug-likeness (QED) is 0.500. The van der Waals surface area contributed by atoms with Crippen LogP contribution in [-0.2, 0) is 0 Å². The predicted octanol–water partition coefficient (Wildman–Crippen LogP) is 3.31. The molecule has 0 fully saturated rings. The second-order valence-corrected chi connectivity index (χ2v) is 7.87. The van der Waals surface area contributed by atoms with Crippen molar-refractivity contribution in [3.05, 3.63) is 59.4 Å². The Morgan fingerprint density at radius 2 is 1.80 bits per heavy atom. The first-order chi connectivity index (χ1) is 14.2. The molecule has 0 aliphatic carbocycles. The lowest BCUT2D eigenvalue weighted by atomic mass is 9.92. The molecule has 9 heteroatoms. The summed E-state index contributed by atoms with van der Waals surface area (Å²) in [7, 11) is 0. The Labute approximate surface area is 180 Å². The average molecular weight is 424 g/mol. The normalized spacial score (nSPS) is 12.4. The Balaban J connectivity index is 2.34. The molecular formula is C21H22ClN7O. The number of hydrogen-bond acceptors (Lipinski definition) is 5. The smallest absolute Gasteiger partial charge is 0.252 e. The number of nitriles is 2. The number of carbonyl (C=O) groups excluding carboxylic acids is 1. The lowest BCUT2D eigenvalue weighted by molar-refractivity contribution is 0.0906. The Morgan fingerprint density at radius 3 is 2.33 bits per heavy atom. The highest BCUT2D eigenvalue weighted by Crippen LogP contribution is 2.21. The highest BCUT2D eigenvalue weighted by Gasteiger charge is 2.27. The zero-order chi connectivity index (χ0) is 22.1. The Kier molecular flexibility index (Phi) is 7.74. The third kappa shape index (κ3) is 6.77. The topological polar surface area (TPSA) is 126 Å². The van der Waals surface area contributed by atoms with E-state index in [1.165, 1.54) is 0 Å². The highest BCUT2D eigenvalue weighted by molar-refractivity contribution is 6.30. The van der Waals surface area contributed by atoms with E-state index in [9.17, 15) is 4.79 Å². The van der Waals surface area contributed by atoms with Gasteiger partial charge in [0.15, 0.2) is 5.96 Å². The number of rotatable bonds is 5. The molecule has 2 aromatic rings. The number of amides is 1. The number of carbonyl (C=O) groups is 1. The molecule has 0 saturated carbocycles. The molecule has 1 aromatic heterocycles. The molecule has 1 unspecified atom stereocenters. The van der Waals surface area contributed by atoms with Crippen molar-refractivity contribution < 1.29 is 4.79 Å². The number of halogens is 1. The van der Waals surface area contributed by atoms with Gasteiger partial charge in [0.25, 0.3) is 5.91 Å². The number of nitrogens with one attached hydrogen (secondary N) is 3. The largest absolute Gasteiger partial charge is 0.330 e. The molecule has 30 heavy (non-hydrogen) atoms. The van der Waals surface area contributed by atoms with E-state index in [-0.39, 0.29) is 11.9 Å². The van der Waals surface area contributed by atoms with E-state index >= 15 is 0 Å². The molecule has 0 radical (unpaired) electrons. The summed E-state index contributed by atoms with van der Waals surface area (Å²) in [5, 5.41) is 27.5. The van der Waals surface area contributed by atoms with Gasteiger partial charge in [0.05, 0.1) is 11.9 Å². The maximum atomic E-state index is 12.7. The van der Waals surface area contributed by atoms with E-state index in [1.807, 2.05) is 32.9 Å². The van der Waals surface area contributed by atoms with Crippen LogP contribution in [0.4, 0.5) is 5.69 Å². The fraction of sp³-hybridized carbons (Fsp3) is 0.286. The number of nitrogens with zero attached hydrogens (tertiary/aromatic N) is 4. The molecule has 0 spiro atoms. The van der Waals surface area contributed by atoms with Crippen LogP contribution in [0.5, 0.6) is 0 Å². The SMILES string of the molecule is CC(C)(C)C(/N=C(/Nc1cccnc1)NC(C#N)C#N)NC(=O)c1ccc(Cl)cc1. The minimum absolute atomic E-state index is 0.160. The van der Waals surface area contributed by atoms with Gasteiger partial charge in [-0.05, 0) is 36.4 Å². The number of hydrogen-bond donors (Lipinski definition) is 3. The average Bonchev–Trinajstić information content (AvgIpc) is 2.71. The monoisotopic (exact) mass is 423 g/mol. The van der Waals surface area contributed by atoms with Gasteiger partial charge in [-0.2, -0.15) is 10.5 Å². The molecule has 0 saturated heterocycles. The van der Waals surface area contributed by atoms with Crippen molar-refractivity contribution in [3.63, 3.8) is 0 Å².